The molecule has 5 nitrogen and oxygen atoms in total. The molecule has 0 atom stereocenters. The minimum absolute atomic E-state index is 0.0632. The summed E-state index contributed by atoms with van der Waals surface area (Å²) in [6.07, 6.45) is 0.897. The maximum absolute atomic E-state index is 12.1. The molecule has 1 amide bonds. The first-order chi connectivity index (χ1) is 9.45. The molecule has 0 fully saturated rings. The first-order valence-corrected chi connectivity index (χ1v) is 8.97. The van der Waals surface area contributed by atoms with Crippen LogP contribution in [0.5, 0.6) is 0 Å². The Morgan fingerprint density at radius 2 is 2.20 bits per heavy atom. The molecular weight excluding hydrogens is 296 g/mol. The molecule has 0 spiro atoms. The van der Waals surface area contributed by atoms with Crippen LogP contribution in [0.4, 0.5) is 5.69 Å². The van der Waals surface area contributed by atoms with E-state index in [1.54, 1.807) is 41.8 Å². The van der Waals surface area contributed by atoms with Crippen LogP contribution in [0.3, 0.4) is 0 Å². The van der Waals surface area contributed by atoms with E-state index in [1.165, 1.54) is 6.92 Å². The molecule has 20 heavy (non-hydrogen) atoms. The first kappa shape index (κ1) is 15.3. The van der Waals surface area contributed by atoms with Crippen LogP contribution in [-0.4, -0.2) is 33.2 Å². The molecule has 1 N–H and O–H groups in total. The SMILES string of the molecule is CCNS(=O)(=O)c1ccc2c(c1)N(C(C)=O)CCCS2. The summed E-state index contributed by atoms with van der Waals surface area (Å²) in [6.45, 7) is 4.20. The molecule has 1 aliphatic heterocycles. The summed E-state index contributed by atoms with van der Waals surface area (Å²) in [4.78, 5) is 14.6. The van der Waals surface area contributed by atoms with Crippen LogP contribution in [0, 0.1) is 0 Å². The van der Waals surface area contributed by atoms with E-state index in [0.717, 1.165) is 17.1 Å². The van der Waals surface area contributed by atoms with E-state index in [2.05, 4.69) is 4.72 Å². The quantitative estimate of drug-likeness (QED) is 0.924. The highest BCUT2D eigenvalue weighted by molar-refractivity contribution is 7.99. The lowest BCUT2D eigenvalue weighted by Crippen LogP contribution is -2.30. The van der Waals surface area contributed by atoms with Gasteiger partial charge in [-0.2, -0.15) is 0 Å². The number of carbonyl (C=O) groups is 1. The maximum Gasteiger partial charge on any atom is 0.240 e. The van der Waals surface area contributed by atoms with Gasteiger partial charge in [0.25, 0.3) is 0 Å². The number of carbonyl (C=O) groups excluding carboxylic acids is 1. The Hall–Kier alpha value is -1.05. The van der Waals surface area contributed by atoms with Crippen LogP contribution in [0.15, 0.2) is 28.0 Å². The van der Waals surface area contributed by atoms with Gasteiger partial charge in [0, 0.05) is 24.9 Å². The number of amides is 1. The monoisotopic (exact) mass is 314 g/mol. The normalized spacial score (nSPS) is 15.6. The molecule has 2 rings (SSSR count). The van der Waals surface area contributed by atoms with E-state index in [-0.39, 0.29) is 10.8 Å². The van der Waals surface area contributed by atoms with Crippen molar-refractivity contribution in [1.82, 2.24) is 4.72 Å². The molecule has 7 heteroatoms. The van der Waals surface area contributed by atoms with Crippen molar-refractivity contribution >= 4 is 33.4 Å². The summed E-state index contributed by atoms with van der Waals surface area (Å²) in [5.74, 6) is 0.863. The summed E-state index contributed by atoms with van der Waals surface area (Å²) in [5, 5.41) is 0. The summed E-state index contributed by atoms with van der Waals surface area (Å²) >= 11 is 1.65. The van der Waals surface area contributed by atoms with Crippen molar-refractivity contribution in [3.05, 3.63) is 18.2 Å². The van der Waals surface area contributed by atoms with Gasteiger partial charge in [-0.05, 0) is 30.4 Å². The average Bonchev–Trinajstić information content (AvgIpc) is 2.59. The van der Waals surface area contributed by atoms with Crippen molar-refractivity contribution < 1.29 is 13.2 Å². The summed E-state index contributed by atoms with van der Waals surface area (Å²) in [7, 11) is -3.50. The molecule has 0 unspecified atom stereocenters. The molecular formula is C13H18N2O3S2. The van der Waals surface area contributed by atoms with Gasteiger partial charge in [-0.1, -0.05) is 6.92 Å². The lowest BCUT2D eigenvalue weighted by molar-refractivity contribution is -0.116. The number of benzene rings is 1. The highest BCUT2D eigenvalue weighted by Gasteiger charge is 2.22. The molecule has 1 heterocycles. The molecule has 1 aromatic rings. The van der Waals surface area contributed by atoms with Crippen LogP contribution >= 0.6 is 11.8 Å². The fourth-order valence-electron chi connectivity index (χ4n) is 2.12. The smallest absolute Gasteiger partial charge is 0.240 e. The Bertz CT molecular complexity index is 614. The summed E-state index contributed by atoms with van der Waals surface area (Å²) < 4.78 is 26.6. The van der Waals surface area contributed by atoms with Gasteiger partial charge >= 0.3 is 0 Å². The molecule has 1 aromatic carbocycles. The van der Waals surface area contributed by atoms with E-state index in [1.807, 2.05) is 0 Å². The van der Waals surface area contributed by atoms with Gasteiger partial charge < -0.3 is 4.90 Å². The summed E-state index contributed by atoms with van der Waals surface area (Å²) in [6, 6.07) is 4.96. The summed E-state index contributed by atoms with van der Waals surface area (Å²) in [5.41, 5.74) is 0.693. The number of hydrogen-bond acceptors (Lipinski definition) is 4. The average molecular weight is 314 g/mol. The Morgan fingerprint density at radius 3 is 2.85 bits per heavy atom. The topological polar surface area (TPSA) is 66.5 Å². The van der Waals surface area contributed by atoms with Gasteiger partial charge in [-0.15, -0.1) is 11.8 Å². The standard InChI is InChI=1S/C13H18N2O3S2/c1-3-14-20(17,18)11-5-6-13-12(9-11)15(10(2)16)7-4-8-19-13/h5-6,9,14H,3-4,7-8H2,1-2H3. The Balaban J connectivity index is 2.50. The third kappa shape index (κ3) is 3.16. The van der Waals surface area contributed by atoms with Gasteiger partial charge in [0.15, 0.2) is 0 Å². The number of nitrogens with zero attached hydrogens (tertiary/aromatic N) is 1. The van der Waals surface area contributed by atoms with E-state index >= 15 is 0 Å². The number of fused-ring (bicyclic) bond motifs is 1. The Labute approximate surface area is 123 Å². The molecule has 0 aliphatic carbocycles. The van der Waals surface area contributed by atoms with Crippen molar-refractivity contribution in [2.45, 2.75) is 30.1 Å². The van der Waals surface area contributed by atoms with Gasteiger partial charge in [-0.3, -0.25) is 4.79 Å². The second-order valence-corrected chi connectivity index (χ2v) is 7.41. The molecule has 0 radical (unpaired) electrons. The maximum atomic E-state index is 12.1. The molecule has 0 aromatic heterocycles. The van der Waals surface area contributed by atoms with Gasteiger partial charge in [0.05, 0.1) is 10.6 Å². The molecule has 0 saturated carbocycles. The van der Waals surface area contributed by atoms with Crippen LogP contribution in [-0.2, 0) is 14.8 Å². The third-order valence-electron chi connectivity index (χ3n) is 3.03. The molecule has 0 bridgehead atoms. The number of sulfonamides is 1. The highest BCUT2D eigenvalue weighted by atomic mass is 32.2. The predicted molar refractivity (Wildman–Crippen MR) is 80.7 cm³/mol. The van der Waals surface area contributed by atoms with E-state index in [0.29, 0.717) is 18.8 Å². The minimum atomic E-state index is -3.50. The van der Waals surface area contributed by atoms with E-state index in [4.69, 9.17) is 0 Å². The van der Waals surface area contributed by atoms with Crippen molar-refractivity contribution in [2.24, 2.45) is 0 Å². The first-order valence-electron chi connectivity index (χ1n) is 6.50. The zero-order chi connectivity index (χ0) is 14.8. The number of anilines is 1. The molecule has 1 aliphatic rings. The second kappa shape index (κ2) is 6.15. The number of rotatable bonds is 3. The zero-order valence-electron chi connectivity index (χ0n) is 11.5. The van der Waals surface area contributed by atoms with E-state index in [9.17, 15) is 13.2 Å². The van der Waals surface area contributed by atoms with Crippen LogP contribution in [0.2, 0.25) is 0 Å². The lowest BCUT2D eigenvalue weighted by atomic mass is 10.2. The van der Waals surface area contributed by atoms with Crippen molar-refractivity contribution in [3.63, 3.8) is 0 Å². The Morgan fingerprint density at radius 1 is 1.45 bits per heavy atom. The van der Waals surface area contributed by atoms with E-state index < -0.39 is 10.0 Å². The number of thioether (sulfide) groups is 1. The van der Waals surface area contributed by atoms with Crippen molar-refractivity contribution in [1.29, 1.82) is 0 Å². The van der Waals surface area contributed by atoms with Crippen LogP contribution in [0.25, 0.3) is 0 Å². The van der Waals surface area contributed by atoms with Crippen LogP contribution in [0.1, 0.15) is 20.3 Å². The Kier molecular flexibility index (Phi) is 4.72. The van der Waals surface area contributed by atoms with Crippen molar-refractivity contribution in [3.8, 4) is 0 Å². The predicted octanol–water partition coefficient (Wildman–Crippen LogP) is 1.83. The lowest BCUT2D eigenvalue weighted by Gasteiger charge is -2.21. The van der Waals surface area contributed by atoms with Gasteiger partial charge in [0.2, 0.25) is 15.9 Å². The van der Waals surface area contributed by atoms with Crippen molar-refractivity contribution in [2.75, 3.05) is 23.7 Å². The third-order valence-corrected chi connectivity index (χ3v) is 5.72. The fraction of sp³-hybridized carbons (Fsp3) is 0.462. The number of hydrogen-bond donors (Lipinski definition) is 1. The zero-order valence-corrected chi connectivity index (χ0v) is 13.2. The van der Waals surface area contributed by atoms with Gasteiger partial charge in [0.1, 0.15) is 0 Å². The second-order valence-electron chi connectivity index (χ2n) is 4.50. The van der Waals surface area contributed by atoms with Gasteiger partial charge in [-0.25, -0.2) is 13.1 Å². The van der Waals surface area contributed by atoms with Crippen LogP contribution < -0.4 is 9.62 Å². The largest absolute Gasteiger partial charge is 0.311 e. The molecule has 110 valence electrons. The molecule has 0 saturated heterocycles. The number of nitrogens with one attached hydrogen (secondary N) is 1. The highest BCUT2D eigenvalue weighted by Crippen LogP contribution is 2.35. The fourth-order valence-corrected chi connectivity index (χ4v) is 4.16. The minimum Gasteiger partial charge on any atom is -0.311 e.